The van der Waals surface area contributed by atoms with Crippen LogP contribution in [0.2, 0.25) is 0 Å². The number of carbonyl (C=O) groups is 2. The van der Waals surface area contributed by atoms with Crippen molar-refractivity contribution in [3.05, 3.63) is 0 Å². The number of aliphatic carboxylic acids is 1. The van der Waals surface area contributed by atoms with Gasteiger partial charge in [-0.05, 0) is 25.7 Å². The molecule has 0 bridgehead atoms. The van der Waals surface area contributed by atoms with Gasteiger partial charge in [-0.25, -0.2) is 4.79 Å². The van der Waals surface area contributed by atoms with E-state index in [0.29, 0.717) is 19.3 Å². The molecule has 2 amide bonds. The molecule has 0 aromatic rings. The summed E-state index contributed by atoms with van der Waals surface area (Å²) in [6.45, 7) is 0. The zero-order valence-corrected chi connectivity index (χ0v) is 12.4. The highest BCUT2D eigenvalue weighted by Gasteiger charge is 2.36. The number of amides is 2. The Balaban J connectivity index is 1.92. The van der Waals surface area contributed by atoms with Crippen LogP contribution in [-0.2, 0) is 4.79 Å². The van der Waals surface area contributed by atoms with Crippen molar-refractivity contribution in [3.63, 3.8) is 0 Å². The van der Waals surface area contributed by atoms with E-state index in [1.165, 1.54) is 0 Å². The molecule has 0 aromatic carbocycles. The SMILES string of the molecule is O=C(O)CC1(NC(=O)NC2CCCCC2O)CCCCC1. The normalized spacial score (nSPS) is 28.6. The van der Waals surface area contributed by atoms with E-state index in [0.717, 1.165) is 38.5 Å². The van der Waals surface area contributed by atoms with Crippen molar-refractivity contribution in [2.75, 3.05) is 0 Å². The van der Waals surface area contributed by atoms with Gasteiger partial charge in [-0.3, -0.25) is 4.79 Å². The van der Waals surface area contributed by atoms with Gasteiger partial charge >= 0.3 is 12.0 Å². The van der Waals surface area contributed by atoms with E-state index in [4.69, 9.17) is 5.11 Å². The summed E-state index contributed by atoms with van der Waals surface area (Å²) in [6, 6.07) is -0.562. The average molecular weight is 298 g/mol. The van der Waals surface area contributed by atoms with E-state index < -0.39 is 17.6 Å². The first-order valence-electron chi connectivity index (χ1n) is 7.99. The number of carboxylic acids is 1. The minimum Gasteiger partial charge on any atom is -0.481 e. The molecule has 0 heterocycles. The molecular weight excluding hydrogens is 272 g/mol. The molecule has 120 valence electrons. The Morgan fingerprint density at radius 1 is 1.05 bits per heavy atom. The van der Waals surface area contributed by atoms with Crippen LogP contribution in [0.5, 0.6) is 0 Å². The first-order chi connectivity index (χ1) is 10.0. The van der Waals surface area contributed by atoms with Crippen LogP contribution in [0.3, 0.4) is 0 Å². The summed E-state index contributed by atoms with van der Waals surface area (Å²) in [4.78, 5) is 23.3. The highest BCUT2D eigenvalue weighted by molar-refractivity contribution is 5.77. The molecular formula is C15H26N2O4. The van der Waals surface area contributed by atoms with Gasteiger partial charge in [-0.15, -0.1) is 0 Å². The molecule has 0 aliphatic heterocycles. The number of aliphatic hydroxyl groups is 1. The Bertz CT molecular complexity index is 380. The molecule has 0 radical (unpaired) electrons. The van der Waals surface area contributed by atoms with Gasteiger partial charge in [0.25, 0.3) is 0 Å². The minimum absolute atomic E-state index is 0.0341. The third-order valence-electron chi connectivity index (χ3n) is 4.72. The fourth-order valence-corrected chi connectivity index (χ4v) is 3.59. The summed E-state index contributed by atoms with van der Waals surface area (Å²) in [6.07, 6.45) is 7.35. The summed E-state index contributed by atoms with van der Waals surface area (Å²) in [5.74, 6) is -0.880. The van der Waals surface area contributed by atoms with Crippen LogP contribution in [0.4, 0.5) is 4.79 Å². The van der Waals surface area contributed by atoms with Crippen molar-refractivity contribution in [1.82, 2.24) is 10.6 Å². The van der Waals surface area contributed by atoms with Gasteiger partial charge in [-0.2, -0.15) is 0 Å². The average Bonchev–Trinajstić information content (AvgIpc) is 2.41. The van der Waals surface area contributed by atoms with Crippen molar-refractivity contribution < 1.29 is 19.8 Å². The van der Waals surface area contributed by atoms with Gasteiger partial charge in [0.15, 0.2) is 0 Å². The lowest BCUT2D eigenvalue weighted by Crippen LogP contribution is -2.57. The number of urea groups is 1. The molecule has 0 saturated heterocycles. The molecule has 0 spiro atoms. The fraction of sp³-hybridized carbons (Fsp3) is 0.867. The van der Waals surface area contributed by atoms with E-state index in [1.807, 2.05) is 0 Å². The third-order valence-corrected chi connectivity index (χ3v) is 4.72. The molecule has 2 unspecified atom stereocenters. The van der Waals surface area contributed by atoms with Gasteiger partial charge in [0.1, 0.15) is 0 Å². The summed E-state index contributed by atoms with van der Waals surface area (Å²) in [5.41, 5.74) is -0.631. The van der Waals surface area contributed by atoms with Crippen molar-refractivity contribution in [1.29, 1.82) is 0 Å². The summed E-state index contributed by atoms with van der Waals surface area (Å²) >= 11 is 0. The second-order valence-corrected chi connectivity index (χ2v) is 6.47. The lowest BCUT2D eigenvalue weighted by atomic mass is 9.79. The molecule has 4 N–H and O–H groups in total. The maximum atomic E-state index is 12.2. The number of aliphatic hydroxyl groups excluding tert-OH is 1. The van der Waals surface area contributed by atoms with Crippen LogP contribution in [0.15, 0.2) is 0 Å². The molecule has 2 saturated carbocycles. The van der Waals surface area contributed by atoms with Crippen LogP contribution in [0.1, 0.15) is 64.2 Å². The summed E-state index contributed by atoms with van der Waals surface area (Å²) in [5, 5.41) is 24.7. The maximum Gasteiger partial charge on any atom is 0.315 e. The minimum atomic E-state index is -0.880. The third kappa shape index (κ3) is 4.59. The Morgan fingerprint density at radius 3 is 2.33 bits per heavy atom. The molecule has 6 nitrogen and oxygen atoms in total. The highest BCUT2D eigenvalue weighted by atomic mass is 16.4. The first-order valence-corrected chi connectivity index (χ1v) is 7.99. The maximum absolute atomic E-state index is 12.2. The van der Waals surface area contributed by atoms with Gasteiger partial charge in [0.2, 0.25) is 0 Å². The zero-order chi connectivity index (χ0) is 15.3. The van der Waals surface area contributed by atoms with Crippen LogP contribution < -0.4 is 10.6 Å². The van der Waals surface area contributed by atoms with Crippen molar-refractivity contribution in [2.24, 2.45) is 0 Å². The molecule has 2 aliphatic carbocycles. The zero-order valence-electron chi connectivity index (χ0n) is 12.4. The van der Waals surface area contributed by atoms with Gasteiger partial charge in [-0.1, -0.05) is 32.1 Å². The van der Waals surface area contributed by atoms with Crippen molar-refractivity contribution in [2.45, 2.75) is 81.9 Å². The number of rotatable bonds is 4. The lowest BCUT2D eigenvalue weighted by Gasteiger charge is -2.38. The van der Waals surface area contributed by atoms with E-state index in [2.05, 4.69) is 10.6 Å². The quantitative estimate of drug-likeness (QED) is 0.635. The molecule has 2 rings (SSSR count). The Labute approximate surface area is 125 Å². The number of carbonyl (C=O) groups excluding carboxylic acids is 1. The lowest BCUT2D eigenvalue weighted by molar-refractivity contribution is -0.139. The Kier molecular flexibility index (Phi) is 5.45. The van der Waals surface area contributed by atoms with Crippen LogP contribution >= 0.6 is 0 Å². The van der Waals surface area contributed by atoms with Crippen molar-refractivity contribution >= 4 is 12.0 Å². The second-order valence-electron chi connectivity index (χ2n) is 6.47. The summed E-state index contributed by atoms with van der Waals surface area (Å²) in [7, 11) is 0. The second kappa shape index (κ2) is 7.11. The Hall–Kier alpha value is -1.30. The van der Waals surface area contributed by atoms with Crippen LogP contribution in [0, 0.1) is 0 Å². The highest BCUT2D eigenvalue weighted by Crippen LogP contribution is 2.31. The number of nitrogens with one attached hydrogen (secondary N) is 2. The predicted octanol–water partition coefficient (Wildman–Crippen LogP) is 1.77. The largest absolute Gasteiger partial charge is 0.481 e. The topological polar surface area (TPSA) is 98.7 Å². The van der Waals surface area contributed by atoms with Crippen molar-refractivity contribution in [3.8, 4) is 0 Å². The molecule has 21 heavy (non-hydrogen) atoms. The van der Waals surface area contributed by atoms with Gasteiger partial charge in [0, 0.05) is 0 Å². The number of carboxylic acid groups (broad SMARTS) is 1. The van der Waals surface area contributed by atoms with Gasteiger partial charge in [0.05, 0.1) is 24.1 Å². The monoisotopic (exact) mass is 298 g/mol. The van der Waals surface area contributed by atoms with E-state index >= 15 is 0 Å². The standard InChI is InChI=1S/C15H26N2O4/c18-12-7-3-2-6-11(12)16-14(21)17-15(10-13(19)20)8-4-1-5-9-15/h11-12,18H,1-10H2,(H,19,20)(H2,16,17,21). The van der Waals surface area contributed by atoms with Crippen LogP contribution in [-0.4, -0.2) is 39.9 Å². The summed E-state index contributed by atoms with van der Waals surface area (Å²) < 4.78 is 0. The molecule has 2 atom stereocenters. The fourth-order valence-electron chi connectivity index (χ4n) is 3.59. The molecule has 6 heteroatoms. The van der Waals surface area contributed by atoms with E-state index in [1.54, 1.807) is 0 Å². The smallest absolute Gasteiger partial charge is 0.315 e. The first kappa shape index (κ1) is 16.1. The Morgan fingerprint density at radius 2 is 1.71 bits per heavy atom. The van der Waals surface area contributed by atoms with Gasteiger partial charge < -0.3 is 20.8 Å². The predicted molar refractivity (Wildman–Crippen MR) is 78.0 cm³/mol. The molecule has 2 fully saturated rings. The van der Waals surface area contributed by atoms with E-state index in [9.17, 15) is 14.7 Å². The molecule has 0 aromatic heterocycles. The number of hydrogen-bond acceptors (Lipinski definition) is 3. The molecule has 2 aliphatic rings. The van der Waals surface area contributed by atoms with Crippen LogP contribution in [0.25, 0.3) is 0 Å². The number of hydrogen-bond donors (Lipinski definition) is 4. The van der Waals surface area contributed by atoms with E-state index in [-0.39, 0.29) is 18.5 Å².